The Morgan fingerprint density at radius 3 is 2.81 bits per heavy atom. The Balaban J connectivity index is 1.31. The average molecular weight is 387 g/mol. The van der Waals surface area contributed by atoms with Crippen LogP contribution in [0.1, 0.15) is 14.5 Å². The van der Waals surface area contributed by atoms with Gasteiger partial charge in [-0.3, -0.25) is 4.79 Å². The van der Waals surface area contributed by atoms with E-state index in [1.165, 1.54) is 26.3 Å². The van der Waals surface area contributed by atoms with E-state index in [9.17, 15) is 4.79 Å². The van der Waals surface area contributed by atoms with Gasteiger partial charge in [0.15, 0.2) is 5.13 Å². The zero-order valence-corrected chi connectivity index (χ0v) is 16.4. The number of carbonyl (C=O) groups is 1. The number of carbonyl (C=O) groups excluding carboxylic acids is 1. The molecule has 0 bridgehead atoms. The zero-order valence-electron chi connectivity index (χ0n) is 14.8. The first-order valence-electron chi connectivity index (χ1n) is 8.84. The summed E-state index contributed by atoms with van der Waals surface area (Å²) in [5.41, 5.74) is 0. The van der Waals surface area contributed by atoms with Crippen LogP contribution in [0.2, 0.25) is 0 Å². The highest BCUT2D eigenvalue weighted by Crippen LogP contribution is 2.26. The van der Waals surface area contributed by atoms with Crippen molar-refractivity contribution in [3.63, 3.8) is 0 Å². The van der Waals surface area contributed by atoms with Crippen molar-refractivity contribution >= 4 is 43.8 Å². The van der Waals surface area contributed by atoms with Crippen molar-refractivity contribution in [2.24, 2.45) is 0 Å². The monoisotopic (exact) mass is 386 g/mol. The zero-order chi connectivity index (χ0) is 17.9. The molecular weight excluding hydrogens is 364 g/mol. The molecule has 0 saturated carbocycles. The van der Waals surface area contributed by atoms with E-state index in [-0.39, 0.29) is 5.91 Å². The summed E-state index contributed by atoms with van der Waals surface area (Å²) in [6.45, 7) is 4.66. The maximum Gasteiger partial charge on any atom is 0.263 e. The number of piperazine rings is 1. The van der Waals surface area contributed by atoms with Gasteiger partial charge in [0.25, 0.3) is 5.91 Å². The number of likely N-dealkylation sites (N-methyl/N-ethyl adjacent to an activating group) is 1. The summed E-state index contributed by atoms with van der Waals surface area (Å²) in [6.07, 6.45) is 2.56. The normalized spacial score (nSPS) is 15.5. The molecule has 3 heterocycles. The number of benzene rings is 1. The molecule has 136 valence electrons. The number of thiazole rings is 1. The Labute approximate surface area is 161 Å². The lowest BCUT2D eigenvalue weighted by molar-refractivity contribution is 0.0958. The third-order valence-corrected chi connectivity index (χ3v) is 6.86. The minimum atomic E-state index is -0.0241. The molecule has 2 aromatic heterocycles. The molecule has 0 radical (unpaired) electrons. The summed E-state index contributed by atoms with van der Waals surface area (Å²) in [7, 11) is 2.13. The van der Waals surface area contributed by atoms with E-state index < -0.39 is 0 Å². The van der Waals surface area contributed by atoms with Crippen LogP contribution in [-0.4, -0.2) is 55.6 Å². The first-order chi connectivity index (χ1) is 12.7. The molecule has 1 aliphatic rings. The van der Waals surface area contributed by atoms with Crippen LogP contribution < -0.4 is 10.2 Å². The minimum Gasteiger partial charge on any atom is -0.351 e. The van der Waals surface area contributed by atoms with Gasteiger partial charge in [0.2, 0.25) is 0 Å². The molecule has 1 aliphatic heterocycles. The van der Waals surface area contributed by atoms with Crippen molar-refractivity contribution < 1.29 is 4.79 Å². The Morgan fingerprint density at radius 2 is 2.00 bits per heavy atom. The van der Waals surface area contributed by atoms with Gasteiger partial charge in [0.1, 0.15) is 4.88 Å². The van der Waals surface area contributed by atoms with Crippen molar-refractivity contribution in [2.75, 3.05) is 44.7 Å². The molecule has 1 N–H and O–H groups in total. The third kappa shape index (κ3) is 3.90. The van der Waals surface area contributed by atoms with Gasteiger partial charge in [-0.2, -0.15) is 0 Å². The van der Waals surface area contributed by atoms with E-state index in [1.54, 1.807) is 17.5 Å². The number of anilines is 1. The molecule has 1 aromatic carbocycles. The van der Waals surface area contributed by atoms with Gasteiger partial charge in [-0.15, -0.1) is 11.3 Å². The van der Waals surface area contributed by atoms with Crippen LogP contribution in [0.4, 0.5) is 5.13 Å². The number of aromatic nitrogens is 1. The van der Waals surface area contributed by atoms with Crippen LogP contribution in [0.15, 0.2) is 36.5 Å². The van der Waals surface area contributed by atoms with Crippen molar-refractivity contribution in [1.82, 2.24) is 15.2 Å². The van der Waals surface area contributed by atoms with Crippen molar-refractivity contribution in [2.45, 2.75) is 6.42 Å². The minimum absolute atomic E-state index is 0.0241. The predicted molar refractivity (Wildman–Crippen MR) is 110 cm³/mol. The number of nitrogens with one attached hydrogen (secondary N) is 1. The summed E-state index contributed by atoms with van der Waals surface area (Å²) in [5.74, 6) is -0.0241. The lowest BCUT2D eigenvalue weighted by atomic mass is 10.2. The van der Waals surface area contributed by atoms with Gasteiger partial charge in [0.05, 0.1) is 6.20 Å². The predicted octanol–water partition coefficient (Wildman–Crippen LogP) is 3.08. The topological polar surface area (TPSA) is 48.5 Å². The maximum atomic E-state index is 12.4. The maximum absolute atomic E-state index is 12.4. The van der Waals surface area contributed by atoms with Crippen molar-refractivity contribution in [1.29, 1.82) is 0 Å². The molecule has 4 rings (SSSR count). The Kier molecular flexibility index (Phi) is 5.19. The van der Waals surface area contributed by atoms with Gasteiger partial charge >= 0.3 is 0 Å². The molecule has 0 aliphatic carbocycles. The number of fused-ring (bicyclic) bond motifs is 1. The molecule has 1 amide bonds. The molecule has 1 saturated heterocycles. The third-order valence-electron chi connectivity index (χ3n) is 4.62. The summed E-state index contributed by atoms with van der Waals surface area (Å²) in [6, 6.07) is 10.6. The van der Waals surface area contributed by atoms with Gasteiger partial charge in [-0.25, -0.2) is 4.98 Å². The van der Waals surface area contributed by atoms with Crippen molar-refractivity contribution in [3.05, 3.63) is 46.3 Å². The fourth-order valence-corrected chi connectivity index (χ4v) is 5.01. The SMILES string of the molecule is CN1CCN(c2ncc(C(=O)NCCc3cc4ccccc4s3)s2)CC1. The van der Waals surface area contributed by atoms with Crippen molar-refractivity contribution in [3.8, 4) is 0 Å². The molecule has 0 atom stereocenters. The number of rotatable bonds is 5. The summed E-state index contributed by atoms with van der Waals surface area (Å²) < 4.78 is 1.30. The smallest absolute Gasteiger partial charge is 0.263 e. The second-order valence-electron chi connectivity index (χ2n) is 6.55. The molecule has 0 spiro atoms. The van der Waals surface area contributed by atoms with Gasteiger partial charge in [-0.1, -0.05) is 29.5 Å². The Morgan fingerprint density at radius 1 is 1.19 bits per heavy atom. The second-order valence-corrected chi connectivity index (χ2v) is 8.73. The first-order valence-corrected chi connectivity index (χ1v) is 10.5. The van der Waals surface area contributed by atoms with Gasteiger partial charge in [-0.05, 0) is 31.0 Å². The standard InChI is InChI=1S/C19H22N4OS2/c1-22-8-10-23(11-9-22)19-21-13-17(26-19)18(24)20-7-6-15-12-14-4-2-3-5-16(14)25-15/h2-5,12-13H,6-11H2,1H3,(H,20,24). The Hall–Kier alpha value is -1.96. The highest BCUT2D eigenvalue weighted by atomic mass is 32.1. The molecular formula is C19H22N4OS2. The first kappa shape index (κ1) is 17.5. The largest absolute Gasteiger partial charge is 0.351 e. The molecule has 1 fully saturated rings. The summed E-state index contributed by atoms with van der Waals surface area (Å²) in [4.78, 5) is 23.4. The summed E-state index contributed by atoms with van der Waals surface area (Å²) >= 11 is 3.28. The van der Waals surface area contributed by atoms with E-state index in [0.717, 1.165) is 37.7 Å². The van der Waals surface area contributed by atoms with Crippen LogP contribution >= 0.6 is 22.7 Å². The molecule has 3 aromatic rings. The summed E-state index contributed by atoms with van der Waals surface area (Å²) in [5, 5.41) is 5.25. The van der Waals surface area contributed by atoms with Crippen LogP contribution in [0.25, 0.3) is 10.1 Å². The Bertz CT molecular complexity index is 863. The average Bonchev–Trinajstić information content (AvgIpc) is 3.29. The number of nitrogens with zero attached hydrogens (tertiary/aromatic N) is 3. The van der Waals surface area contributed by atoms with E-state index in [0.29, 0.717) is 11.4 Å². The van der Waals surface area contributed by atoms with Crippen LogP contribution in [0.5, 0.6) is 0 Å². The quantitative estimate of drug-likeness (QED) is 0.732. The fourth-order valence-electron chi connectivity index (χ4n) is 3.06. The molecule has 26 heavy (non-hydrogen) atoms. The van der Waals surface area contributed by atoms with Crippen LogP contribution in [-0.2, 0) is 6.42 Å². The molecule has 7 heteroatoms. The van der Waals surface area contributed by atoms with Gasteiger partial charge in [0, 0.05) is 42.3 Å². The lowest BCUT2D eigenvalue weighted by Gasteiger charge is -2.32. The second kappa shape index (κ2) is 7.73. The number of amides is 1. The fraction of sp³-hybridized carbons (Fsp3) is 0.368. The van der Waals surface area contributed by atoms with Crippen LogP contribution in [0.3, 0.4) is 0 Å². The van der Waals surface area contributed by atoms with E-state index in [4.69, 9.17) is 0 Å². The van der Waals surface area contributed by atoms with E-state index in [2.05, 4.69) is 57.5 Å². The number of thiophene rings is 1. The lowest BCUT2D eigenvalue weighted by Crippen LogP contribution is -2.44. The highest BCUT2D eigenvalue weighted by molar-refractivity contribution is 7.19. The van der Waals surface area contributed by atoms with E-state index in [1.807, 2.05) is 0 Å². The van der Waals surface area contributed by atoms with E-state index >= 15 is 0 Å². The van der Waals surface area contributed by atoms with Crippen LogP contribution in [0, 0.1) is 0 Å². The number of hydrogen-bond acceptors (Lipinski definition) is 6. The highest BCUT2D eigenvalue weighted by Gasteiger charge is 2.18. The molecule has 0 unspecified atom stereocenters. The number of hydrogen-bond donors (Lipinski definition) is 1. The molecule has 5 nitrogen and oxygen atoms in total. The van der Waals surface area contributed by atoms with Gasteiger partial charge < -0.3 is 15.1 Å².